The van der Waals surface area contributed by atoms with E-state index in [4.69, 9.17) is 10.5 Å². The van der Waals surface area contributed by atoms with Gasteiger partial charge >= 0.3 is 0 Å². The number of rotatable bonds is 3. The number of ether oxygens (including phenoxy) is 1. The van der Waals surface area contributed by atoms with Gasteiger partial charge in [-0.1, -0.05) is 0 Å². The number of sulfonamides is 1. The maximum Gasteiger partial charge on any atom is 0.246 e. The van der Waals surface area contributed by atoms with E-state index >= 15 is 0 Å². The number of morpholine rings is 1. The van der Waals surface area contributed by atoms with Crippen molar-refractivity contribution in [2.75, 3.05) is 19.8 Å². The summed E-state index contributed by atoms with van der Waals surface area (Å²) >= 11 is 0. The van der Waals surface area contributed by atoms with Gasteiger partial charge in [0.25, 0.3) is 0 Å². The molecule has 0 unspecified atom stereocenters. The Balaban J connectivity index is 2.56. The monoisotopic (exact) mass is 320 g/mol. The van der Waals surface area contributed by atoms with E-state index < -0.39 is 32.1 Å². The Hall–Kier alpha value is -1.09. The molecule has 0 bridgehead atoms. The standard InChI is InChI=1S/C13H18F2N2O3S/c1-13(2)8-20-4-3-17(13)21(18,19)11-6-9(7-16)5-10(14)12(11)15/h5-6H,3-4,7-8,16H2,1-2H3. The summed E-state index contributed by atoms with van der Waals surface area (Å²) in [6.07, 6.45) is 0. The van der Waals surface area contributed by atoms with Crippen LogP contribution < -0.4 is 5.73 Å². The van der Waals surface area contributed by atoms with Crippen LogP contribution in [0.1, 0.15) is 19.4 Å². The SMILES string of the molecule is CC1(C)COCCN1S(=O)(=O)c1cc(CN)cc(F)c1F. The first-order valence-corrected chi connectivity index (χ1v) is 7.93. The summed E-state index contributed by atoms with van der Waals surface area (Å²) in [5.41, 5.74) is 4.78. The van der Waals surface area contributed by atoms with Crippen molar-refractivity contribution >= 4 is 10.0 Å². The average molecular weight is 320 g/mol. The topological polar surface area (TPSA) is 72.6 Å². The van der Waals surface area contributed by atoms with E-state index in [1.54, 1.807) is 13.8 Å². The zero-order chi connectivity index (χ0) is 15.8. The van der Waals surface area contributed by atoms with Gasteiger partial charge in [-0.05, 0) is 31.5 Å². The molecule has 0 aromatic heterocycles. The predicted molar refractivity (Wildman–Crippen MR) is 73.0 cm³/mol. The van der Waals surface area contributed by atoms with E-state index in [0.717, 1.165) is 16.4 Å². The first kappa shape index (κ1) is 16.3. The second kappa shape index (κ2) is 5.60. The molecule has 21 heavy (non-hydrogen) atoms. The molecule has 0 saturated carbocycles. The number of benzene rings is 1. The fourth-order valence-corrected chi connectivity index (χ4v) is 4.21. The van der Waals surface area contributed by atoms with Crippen LogP contribution in [0, 0.1) is 11.6 Å². The van der Waals surface area contributed by atoms with Crippen molar-refractivity contribution in [3.63, 3.8) is 0 Å². The molecule has 1 fully saturated rings. The zero-order valence-electron chi connectivity index (χ0n) is 11.9. The molecule has 1 aliphatic rings. The molecular weight excluding hydrogens is 302 g/mol. The van der Waals surface area contributed by atoms with Crippen molar-refractivity contribution in [2.24, 2.45) is 5.73 Å². The Bertz CT molecular complexity index is 647. The molecule has 1 saturated heterocycles. The Morgan fingerprint density at radius 3 is 2.62 bits per heavy atom. The van der Waals surface area contributed by atoms with E-state index in [1.807, 2.05) is 0 Å². The minimum absolute atomic E-state index is 0.0772. The van der Waals surface area contributed by atoms with Gasteiger partial charge in [-0.3, -0.25) is 0 Å². The molecule has 1 aromatic carbocycles. The molecule has 1 heterocycles. The van der Waals surface area contributed by atoms with Crippen LogP contribution in [-0.4, -0.2) is 38.0 Å². The maximum absolute atomic E-state index is 14.0. The third-order valence-corrected chi connectivity index (χ3v) is 5.54. The van der Waals surface area contributed by atoms with E-state index in [-0.39, 0.29) is 31.9 Å². The molecule has 0 radical (unpaired) electrons. The van der Waals surface area contributed by atoms with Crippen LogP contribution in [0.5, 0.6) is 0 Å². The predicted octanol–water partition coefficient (Wildman–Crippen LogP) is 1.22. The fourth-order valence-electron chi connectivity index (χ4n) is 2.33. The zero-order valence-corrected chi connectivity index (χ0v) is 12.7. The normalized spacial score (nSPS) is 19.7. The third kappa shape index (κ3) is 2.94. The van der Waals surface area contributed by atoms with Crippen molar-refractivity contribution in [2.45, 2.75) is 30.8 Å². The maximum atomic E-state index is 14.0. The summed E-state index contributed by atoms with van der Waals surface area (Å²) in [7, 11) is -4.17. The molecular formula is C13H18F2N2O3S. The molecule has 2 rings (SSSR count). The van der Waals surface area contributed by atoms with Crippen LogP contribution >= 0.6 is 0 Å². The van der Waals surface area contributed by atoms with Crippen molar-refractivity contribution < 1.29 is 21.9 Å². The van der Waals surface area contributed by atoms with Gasteiger partial charge in [0.15, 0.2) is 11.6 Å². The highest BCUT2D eigenvalue weighted by molar-refractivity contribution is 7.89. The van der Waals surface area contributed by atoms with Crippen LogP contribution in [0.15, 0.2) is 17.0 Å². The summed E-state index contributed by atoms with van der Waals surface area (Å²) in [6.45, 7) is 3.75. The largest absolute Gasteiger partial charge is 0.378 e. The van der Waals surface area contributed by atoms with Gasteiger partial charge in [0, 0.05) is 13.1 Å². The first-order valence-electron chi connectivity index (χ1n) is 6.49. The van der Waals surface area contributed by atoms with Crippen LogP contribution in [0.4, 0.5) is 8.78 Å². The summed E-state index contributed by atoms with van der Waals surface area (Å²) in [4.78, 5) is -0.682. The minimum Gasteiger partial charge on any atom is -0.378 e. The number of hydrogen-bond acceptors (Lipinski definition) is 4. The molecule has 2 N–H and O–H groups in total. The Morgan fingerprint density at radius 1 is 1.38 bits per heavy atom. The van der Waals surface area contributed by atoms with Gasteiger partial charge in [0.05, 0.1) is 18.8 Å². The number of hydrogen-bond donors (Lipinski definition) is 1. The van der Waals surface area contributed by atoms with Crippen LogP contribution in [0.2, 0.25) is 0 Å². The molecule has 1 aliphatic heterocycles. The summed E-state index contributed by atoms with van der Waals surface area (Å²) in [5, 5.41) is 0. The van der Waals surface area contributed by atoms with E-state index in [9.17, 15) is 17.2 Å². The second-order valence-corrected chi connectivity index (χ2v) is 7.37. The summed E-state index contributed by atoms with van der Waals surface area (Å²) in [5.74, 6) is -2.60. The molecule has 0 atom stereocenters. The van der Waals surface area contributed by atoms with Gasteiger partial charge in [-0.2, -0.15) is 4.31 Å². The van der Waals surface area contributed by atoms with E-state index in [1.165, 1.54) is 0 Å². The lowest BCUT2D eigenvalue weighted by molar-refractivity contribution is -0.00781. The number of nitrogens with zero attached hydrogens (tertiary/aromatic N) is 1. The highest BCUT2D eigenvalue weighted by Crippen LogP contribution is 2.30. The smallest absolute Gasteiger partial charge is 0.246 e. The second-order valence-electron chi connectivity index (χ2n) is 5.54. The quantitative estimate of drug-likeness (QED) is 0.909. The molecule has 5 nitrogen and oxygen atoms in total. The number of nitrogens with two attached hydrogens (primary N) is 1. The Labute approximate surface area is 122 Å². The summed E-state index contributed by atoms with van der Waals surface area (Å²) in [6, 6.07) is 1.98. The van der Waals surface area contributed by atoms with Crippen molar-refractivity contribution in [1.29, 1.82) is 0 Å². The van der Waals surface area contributed by atoms with Gasteiger partial charge in [0.2, 0.25) is 10.0 Å². The van der Waals surface area contributed by atoms with Crippen molar-refractivity contribution in [3.05, 3.63) is 29.3 Å². The highest BCUT2D eigenvalue weighted by Gasteiger charge is 2.41. The Kier molecular flexibility index (Phi) is 4.34. The molecule has 1 aromatic rings. The van der Waals surface area contributed by atoms with Gasteiger partial charge in [0.1, 0.15) is 4.90 Å². The average Bonchev–Trinajstić information content (AvgIpc) is 2.40. The highest BCUT2D eigenvalue weighted by atomic mass is 32.2. The van der Waals surface area contributed by atoms with Gasteiger partial charge < -0.3 is 10.5 Å². The van der Waals surface area contributed by atoms with E-state index in [2.05, 4.69) is 0 Å². The molecule has 0 spiro atoms. The molecule has 118 valence electrons. The third-order valence-electron chi connectivity index (χ3n) is 3.43. The van der Waals surface area contributed by atoms with Gasteiger partial charge in [-0.15, -0.1) is 0 Å². The summed E-state index contributed by atoms with van der Waals surface area (Å²) < 4.78 is 59.3. The van der Waals surface area contributed by atoms with Crippen LogP contribution in [0.3, 0.4) is 0 Å². The van der Waals surface area contributed by atoms with Crippen LogP contribution in [0.25, 0.3) is 0 Å². The van der Waals surface area contributed by atoms with Crippen molar-refractivity contribution in [1.82, 2.24) is 4.31 Å². The van der Waals surface area contributed by atoms with Gasteiger partial charge in [-0.25, -0.2) is 17.2 Å². The van der Waals surface area contributed by atoms with Crippen LogP contribution in [-0.2, 0) is 21.3 Å². The lowest BCUT2D eigenvalue weighted by atomic mass is 10.1. The number of halogens is 2. The molecule has 0 aliphatic carbocycles. The molecule has 0 amide bonds. The Morgan fingerprint density at radius 2 is 2.05 bits per heavy atom. The fraction of sp³-hybridized carbons (Fsp3) is 0.538. The van der Waals surface area contributed by atoms with Crippen molar-refractivity contribution in [3.8, 4) is 0 Å². The lowest BCUT2D eigenvalue weighted by Gasteiger charge is -2.40. The first-order chi connectivity index (χ1) is 9.70. The minimum atomic E-state index is -4.17. The lowest BCUT2D eigenvalue weighted by Crippen LogP contribution is -2.55. The van der Waals surface area contributed by atoms with E-state index in [0.29, 0.717) is 0 Å². The molecule has 8 heteroatoms.